The molecule has 11 heteroatoms. The molecule has 9 nitrogen and oxygen atoms in total. The van der Waals surface area contributed by atoms with Crippen LogP contribution < -0.4 is 4.74 Å². The molecule has 4 aromatic rings. The van der Waals surface area contributed by atoms with Crippen molar-refractivity contribution in [3.63, 3.8) is 0 Å². The van der Waals surface area contributed by atoms with Crippen molar-refractivity contribution >= 4 is 28.6 Å². The van der Waals surface area contributed by atoms with Gasteiger partial charge >= 0.3 is 5.97 Å². The van der Waals surface area contributed by atoms with Crippen LogP contribution in [0.15, 0.2) is 64.8 Å². The molecule has 0 unspecified atom stereocenters. The van der Waals surface area contributed by atoms with E-state index in [4.69, 9.17) is 32.7 Å². The Labute approximate surface area is 247 Å². The Bertz CT molecular complexity index is 1720. The lowest BCUT2D eigenvalue weighted by Gasteiger charge is -2.31. The first-order valence-corrected chi connectivity index (χ1v) is 14.1. The van der Waals surface area contributed by atoms with Crippen LogP contribution in [-0.2, 0) is 19.7 Å². The normalized spacial score (nSPS) is 16.4. The smallest absolute Gasteiger partial charge is 0.335 e. The standard InChI is InChI=1S/C31H28ClFN6O3/c1-2-31(36-37-31)12-15-39-27-16-21(30(40)41)7-9-26(27)34-28(39)18-38-13-10-20(11-14-38)25-4-3-5-29(35-25)42-19-22-6-8-23(32)17-24(22)33/h1,3-9,16-17,20H,10-15,18-19H2,(H,40,41). The van der Waals surface area contributed by atoms with Crippen LogP contribution in [0.2, 0.25) is 5.02 Å². The minimum absolute atomic E-state index is 0.0670. The molecule has 1 saturated heterocycles. The summed E-state index contributed by atoms with van der Waals surface area (Å²) in [7, 11) is 0. The molecule has 42 heavy (non-hydrogen) atoms. The molecule has 6 rings (SSSR count). The van der Waals surface area contributed by atoms with E-state index >= 15 is 0 Å². The van der Waals surface area contributed by atoms with Crippen LogP contribution >= 0.6 is 11.6 Å². The van der Waals surface area contributed by atoms with Crippen molar-refractivity contribution in [3.8, 4) is 18.2 Å². The second-order valence-electron chi connectivity index (χ2n) is 10.6. The fourth-order valence-corrected chi connectivity index (χ4v) is 5.51. The van der Waals surface area contributed by atoms with Gasteiger partial charge in [-0.25, -0.2) is 19.2 Å². The summed E-state index contributed by atoms with van der Waals surface area (Å²) in [6, 6.07) is 15.2. The summed E-state index contributed by atoms with van der Waals surface area (Å²) in [6.07, 6.45) is 7.95. The number of terminal acetylenes is 1. The lowest BCUT2D eigenvalue weighted by molar-refractivity contribution is 0.0697. The van der Waals surface area contributed by atoms with E-state index in [0.29, 0.717) is 36.0 Å². The Hall–Kier alpha value is -4.33. The second-order valence-corrected chi connectivity index (χ2v) is 11.0. The fraction of sp³-hybridized carbons (Fsp3) is 0.323. The van der Waals surface area contributed by atoms with E-state index in [0.717, 1.165) is 48.5 Å². The van der Waals surface area contributed by atoms with Crippen molar-refractivity contribution in [3.05, 3.63) is 88.1 Å². The number of benzene rings is 2. The molecule has 4 heterocycles. The molecule has 0 radical (unpaired) electrons. The molecule has 2 aromatic carbocycles. The molecule has 0 atom stereocenters. The predicted molar refractivity (Wildman–Crippen MR) is 155 cm³/mol. The van der Waals surface area contributed by atoms with E-state index in [2.05, 4.69) is 21.0 Å². The van der Waals surface area contributed by atoms with Crippen molar-refractivity contribution < 1.29 is 19.0 Å². The number of hydrogen-bond donors (Lipinski definition) is 1. The Morgan fingerprint density at radius 1 is 1.14 bits per heavy atom. The zero-order valence-electron chi connectivity index (χ0n) is 22.7. The number of likely N-dealkylation sites (tertiary alicyclic amines) is 1. The van der Waals surface area contributed by atoms with Crippen molar-refractivity contribution in [1.82, 2.24) is 19.4 Å². The number of carboxylic acids is 1. The third kappa shape index (κ3) is 5.98. The van der Waals surface area contributed by atoms with Gasteiger partial charge in [-0.1, -0.05) is 23.7 Å². The number of ether oxygens (including phenoxy) is 1. The molecule has 0 spiro atoms. The van der Waals surface area contributed by atoms with Crippen molar-refractivity contribution in [2.24, 2.45) is 10.2 Å². The van der Waals surface area contributed by atoms with Gasteiger partial charge in [-0.3, -0.25) is 4.90 Å². The Kier molecular flexibility index (Phi) is 7.62. The third-order valence-corrected chi connectivity index (χ3v) is 8.07. The van der Waals surface area contributed by atoms with Crippen molar-refractivity contribution in [1.29, 1.82) is 0 Å². The van der Waals surface area contributed by atoms with Crippen LogP contribution in [0.5, 0.6) is 5.88 Å². The minimum atomic E-state index is -0.985. The van der Waals surface area contributed by atoms with E-state index in [-0.39, 0.29) is 18.1 Å². The van der Waals surface area contributed by atoms with Crippen LogP contribution in [0.25, 0.3) is 11.0 Å². The number of halogens is 2. The summed E-state index contributed by atoms with van der Waals surface area (Å²) < 4.78 is 22.0. The van der Waals surface area contributed by atoms with Crippen LogP contribution in [-0.4, -0.2) is 49.3 Å². The average Bonchev–Trinajstić information content (AvgIpc) is 3.70. The fourth-order valence-electron chi connectivity index (χ4n) is 5.35. The topological polar surface area (TPSA) is 105 Å². The molecular formula is C31H28ClFN6O3. The van der Waals surface area contributed by atoms with E-state index in [9.17, 15) is 14.3 Å². The number of aromatic carboxylic acids is 1. The largest absolute Gasteiger partial charge is 0.478 e. The maximum absolute atomic E-state index is 14.1. The molecule has 0 amide bonds. The SMILES string of the molecule is C#CC1(CCn2c(CN3CCC(c4cccc(OCc5ccc(Cl)cc5F)n4)CC3)nc3ccc(C(=O)O)cc32)N=N1. The van der Waals surface area contributed by atoms with Gasteiger partial charge in [0.1, 0.15) is 18.2 Å². The monoisotopic (exact) mass is 586 g/mol. The highest BCUT2D eigenvalue weighted by molar-refractivity contribution is 6.30. The number of carboxylic acid groups (broad SMARTS) is 1. The summed E-state index contributed by atoms with van der Waals surface area (Å²) in [5.41, 5.74) is 2.29. The van der Waals surface area contributed by atoms with Gasteiger partial charge in [-0.05, 0) is 68.2 Å². The zero-order valence-corrected chi connectivity index (χ0v) is 23.5. The first-order chi connectivity index (χ1) is 20.3. The number of nitrogens with zero attached hydrogens (tertiary/aromatic N) is 6. The highest BCUT2D eigenvalue weighted by Gasteiger charge is 2.37. The number of aryl methyl sites for hydroxylation is 1. The number of piperidine rings is 1. The minimum Gasteiger partial charge on any atom is -0.478 e. The molecule has 2 aromatic heterocycles. The molecule has 0 aliphatic carbocycles. The average molecular weight is 587 g/mol. The summed E-state index contributed by atoms with van der Waals surface area (Å²) in [5.74, 6) is 2.81. The van der Waals surface area contributed by atoms with Gasteiger partial charge in [0.05, 0.1) is 23.1 Å². The zero-order chi connectivity index (χ0) is 29.3. The molecule has 1 N–H and O–H groups in total. The molecule has 214 valence electrons. The summed E-state index contributed by atoms with van der Waals surface area (Å²) >= 11 is 5.84. The van der Waals surface area contributed by atoms with E-state index in [1.54, 1.807) is 36.4 Å². The maximum atomic E-state index is 14.1. The number of hydrogen-bond acceptors (Lipinski definition) is 7. The van der Waals surface area contributed by atoms with Gasteiger partial charge in [-0.15, -0.1) is 16.7 Å². The van der Waals surface area contributed by atoms with Gasteiger partial charge in [0.15, 0.2) is 0 Å². The highest BCUT2D eigenvalue weighted by atomic mass is 35.5. The third-order valence-electron chi connectivity index (χ3n) is 7.84. The number of aromatic nitrogens is 3. The van der Waals surface area contributed by atoms with Crippen molar-refractivity contribution in [2.45, 2.75) is 50.5 Å². The Balaban J connectivity index is 1.12. The van der Waals surface area contributed by atoms with Crippen LogP contribution in [0, 0.1) is 18.2 Å². The number of carbonyl (C=O) groups is 1. The van der Waals surface area contributed by atoms with Gasteiger partial charge in [-0.2, -0.15) is 0 Å². The first kappa shape index (κ1) is 27.8. The van der Waals surface area contributed by atoms with E-state index in [1.807, 2.05) is 16.7 Å². The summed E-state index contributed by atoms with van der Waals surface area (Å²) in [5, 5.41) is 17.9. The van der Waals surface area contributed by atoms with Gasteiger partial charge in [0, 0.05) is 41.2 Å². The van der Waals surface area contributed by atoms with Gasteiger partial charge in [0.25, 0.3) is 5.66 Å². The van der Waals surface area contributed by atoms with Gasteiger partial charge in [0.2, 0.25) is 5.88 Å². The van der Waals surface area contributed by atoms with E-state index < -0.39 is 17.4 Å². The Morgan fingerprint density at radius 2 is 1.95 bits per heavy atom. The van der Waals surface area contributed by atoms with Crippen molar-refractivity contribution in [2.75, 3.05) is 13.1 Å². The van der Waals surface area contributed by atoms with Crippen LogP contribution in [0.4, 0.5) is 4.39 Å². The molecule has 2 aliphatic heterocycles. The summed E-state index contributed by atoms with van der Waals surface area (Å²) in [4.78, 5) is 23.5. The second kappa shape index (κ2) is 11.5. The van der Waals surface area contributed by atoms with Crippen LogP contribution in [0.3, 0.4) is 0 Å². The quantitative estimate of drug-likeness (QED) is 0.226. The molecule has 0 saturated carbocycles. The number of pyridine rings is 1. The lowest BCUT2D eigenvalue weighted by Crippen LogP contribution is -2.33. The predicted octanol–water partition coefficient (Wildman–Crippen LogP) is 6.07. The lowest BCUT2D eigenvalue weighted by atomic mass is 9.93. The van der Waals surface area contributed by atoms with E-state index in [1.165, 1.54) is 6.07 Å². The molecule has 1 fully saturated rings. The van der Waals surface area contributed by atoms with Crippen LogP contribution in [0.1, 0.15) is 52.6 Å². The first-order valence-electron chi connectivity index (χ1n) is 13.7. The number of fused-ring (bicyclic) bond motifs is 1. The maximum Gasteiger partial charge on any atom is 0.335 e. The molecule has 0 bridgehead atoms. The highest BCUT2D eigenvalue weighted by Crippen LogP contribution is 2.33. The van der Waals surface area contributed by atoms with Gasteiger partial charge < -0.3 is 14.4 Å². The Morgan fingerprint density at radius 3 is 2.67 bits per heavy atom. The number of imidazole rings is 1. The molecule has 2 aliphatic rings. The number of rotatable bonds is 10. The summed E-state index contributed by atoms with van der Waals surface area (Å²) in [6.45, 7) is 2.90. The molecular weight excluding hydrogens is 559 g/mol.